The zero-order valence-corrected chi connectivity index (χ0v) is 12.0. The first-order valence-electron chi connectivity index (χ1n) is 5.78. The lowest BCUT2D eigenvalue weighted by atomic mass is 10.1. The van der Waals surface area contributed by atoms with Gasteiger partial charge in [0.25, 0.3) is 0 Å². The van der Waals surface area contributed by atoms with Crippen molar-refractivity contribution in [1.29, 1.82) is 0 Å². The van der Waals surface area contributed by atoms with Gasteiger partial charge in [0.1, 0.15) is 5.75 Å². The standard InChI is InChI=1S/C12H20N2O3S/c1-5-6-14-18(15,16)12-8(2)7-10(17-4)11(13)9(12)3/h7,14H,5-6,13H2,1-4H3. The number of hydrogen-bond acceptors (Lipinski definition) is 4. The van der Waals surface area contributed by atoms with Crippen LogP contribution in [0.15, 0.2) is 11.0 Å². The van der Waals surface area contributed by atoms with E-state index < -0.39 is 10.0 Å². The summed E-state index contributed by atoms with van der Waals surface area (Å²) in [5.74, 6) is 0.499. The van der Waals surface area contributed by atoms with Crippen LogP contribution in [0.5, 0.6) is 5.75 Å². The number of hydrogen-bond donors (Lipinski definition) is 2. The highest BCUT2D eigenvalue weighted by Gasteiger charge is 2.22. The maximum atomic E-state index is 12.2. The first kappa shape index (κ1) is 14.8. The van der Waals surface area contributed by atoms with Gasteiger partial charge in [-0.25, -0.2) is 13.1 Å². The second-order valence-corrected chi connectivity index (χ2v) is 5.87. The zero-order chi connectivity index (χ0) is 13.9. The number of sulfonamides is 1. The predicted octanol–water partition coefficient (Wildman–Crippen LogP) is 1.58. The molecule has 0 unspecified atom stereocenters. The Morgan fingerprint density at radius 1 is 1.39 bits per heavy atom. The Kier molecular flexibility index (Phi) is 4.59. The monoisotopic (exact) mass is 272 g/mol. The van der Waals surface area contributed by atoms with Crippen LogP contribution >= 0.6 is 0 Å². The minimum Gasteiger partial charge on any atom is -0.495 e. The number of aryl methyl sites for hydroxylation is 1. The van der Waals surface area contributed by atoms with E-state index in [0.717, 1.165) is 6.42 Å². The van der Waals surface area contributed by atoms with Crippen molar-refractivity contribution in [2.24, 2.45) is 0 Å². The van der Waals surface area contributed by atoms with Crippen molar-refractivity contribution in [2.45, 2.75) is 32.1 Å². The Morgan fingerprint density at radius 2 is 2.00 bits per heavy atom. The number of rotatable bonds is 5. The number of benzene rings is 1. The lowest BCUT2D eigenvalue weighted by molar-refractivity contribution is 0.416. The molecule has 0 aliphatic rings. The third-order valence-corrected chi connectivity index (χ3v) is 4.50. The minimum absolute atomic E-state index is 0.245. The Hall–Kier alpha value is -1.27. The van der Waals surface area contributed by atoms with Crippen molar-refractivity contribution < 1.29 is 13.2 Å². The van der Waals surface area contributed by atoms with Crippen LogP contribution in [0.3, 0.4) is 0 Å². The third kappa shape index (κ3) is 2.76. The first-order valence-corrected chi connectivity index (χ1v) is 7.26. The summed E-state index contributed by atoms with van der Waals surface area (Å²) in [5.41, 5.74) is 7.38. The molecule has 5 nitrogen and oxygen atoms in total. The normalized spacial score (nSPS) is 11.6. The van der Waals surface area contributed by atoms with Gasteiger partial charge in [0.15, 0.2) is 0 Å². The average molecular weight is 272 g/mol. The van der Waals surface area contributed by atoms with Crippen LogP contribution in [0, 0.1) is 13.8 Å². The highest BCUT2D eigenvalue weighted by atomic mass is 32.2. The van der Waals surface area contributed by atoms with Crippen LogP contribution in [-0.2, 0) is 10.0 Å². The highest BCUT2D eigenvalue weighted by Crippen LogP contribution is 2.32. The summed E-state index contributed by atoms with van der Waals surface area (Å²) in [5, 5.41) is 0. The van der Waals surface area contributed by atoms with E-state index in [1.54, 1.807) is 19.9 Å². The highest BCUT2D eigenvalue weighted by molar-refractivity contribution is 7.89. The Balaban J connectivity index is 3.38. The Morgan fingerprint density at radius 3 is 2.50 bits per heavy atom. The summed E-state index contributed by atoms with van der Waals surface area (Å²) < 4.78 is 32.0. The molecule has 0 heterocycles. The molecule has 0 bridgehead atoms. The molecule has 1 aromatic rings. The molecule has 1 aromatic carbocycles. The van der Waals surface area contributed by atoms with Gasteiger partial charge in [0.2, 0.25) is 10.0 Å². The maximum absolute atomic E-state index is 12.2. The molecule has 0 radical (unpaired) electrons. The second-order valence-electron chi connectivity index (χ2n) is 4.16. The fraction of sp³-hybridized carbons (Fsp3) is 0.500. The number of nitrogens with one attached hydrogen (secondary N) is 1. The van der Waals surface area contributed by atoms with Crippen LogP contribution < -0.4 is 15.2 Å². The second kappa shape index (κ2) is 5.58. The van der Waals surface area contributed by atoms with Crippen molar-refractivity contribution in [3.8, 4) is 5.75 Å². The largest absolute Gasteiger partial charge is 0.495 e. The van der Waals surface area contributed by atoms with E-state index in [4.69, 9.17) is 10.5 Å². The van der Waals surface area contributed by atoms with E-state index in [1.165, 1.54) is 7.11 Å². The van der Waals surface area contributed by atoms with Crippen molar-refractivity contribution in [2.75, 3.05) is 19.4 Å². The first-order chi connectivity index (χ1) is 8.35. The number of methoxy groups -OCH3 is 1. The number of ether oxygens (including phenoxy) is 1. The van der Waals surface area contributed by atoms with Gasteiger partial charge in [-0.15, -0.1) is 0 Å². The smallest absolute Gasteiger partial charge is 0.241 e. The van der Waals surface area contributed by atoms with Gasteiger partial charge in [-0.1, -0.05) is 6.92 Å². The van der Waals surface area contributed by atoms with Gasteiger partial charge in [-0.05, 0) is 37.5 Å². The van der Waals surface area contributed by atoms with Gasteiger partial charge in [-0.3, -0.25) is 0 Å². The molecule has 3 N–H and O–H groups in total. The fourth-order valence-electron chi connectivity index (χ4n) is 1.83. The Bertz CT molecular complexity index is 539. The number of nitrogens with two attached hydrogens (primary N) is 1. The van der Waals surface area contributed by atoms with Crippen molar-refractivity contribution in [1.82, 2.24) is 4.72 Å². The molecule has 0 aliphatic heterocycles. The molecular formula is C12H20N2O3S. The van der Waals surface area contributed by atoms with Crippen LogP contribution in [0.4, 0.5) is 5.69 Å². The molecule has 0 amide bonds. The van der Waals surface area contributed by atoms with Gasteiger partial charge >= 0.3 is 0 Å². The average Bonchev–Trinajstić information content (AvgIpc) is 2.31. The lowest BCUT2D eigenvalue weighted by Crippen LogP contribution is -2.26. The molecule has 0 saturated carbocycles. The molecule has 1 rings (SSSR count). The molecule has 0 spiro atoms. The molecular weight excluding hydrogens is 252 g/mol. The van der Waals surface area contributed by atoms with Gasteiger partial charge in [0.05, 0.1) is 17.7 Å². The van der Waals surface area contributed by atoms with E-state index in [-0.39, 0.29) is 4.90 Å². The number of anilines is 1. The van der Waals surface area contributed by atoms with E-state index >= 15 is 0 Å². The summed E-state index contributed by atoms with van der Waals surface area (Å²) >= 11 is 0. The lowest BCUT2D eigenvalue weighted by Gasteiger charge is -2.16. The summed E-state index contributed by atoms with van der Waals surface area (Å²) in [6, 6.07) is 1.64. The van der Waals surface area contributed by atoms with E-state index in [9.17, 15) is 8.42 Å². The number of nitrogen functional groups attached to an aromatic ring is 1. The zero-order valence-electron chi connectivity index (χ0n) is 11.2. The topological polar surface area (TPSA) is 81.4 Å². The molecule has 18 heavy (non-hydrogen) atoms. The van der Waals surface area contributed by atoms with E-state index in [2.05, 4.69) is 4.72 Å². The summed E-state index contributed by atoms with van der Waals surface area (Å²) in [6.07, 6.45) is 0.739. The van der Waals surface area contributed by atoms with E-state index in [1.807, 2.05) is 6.92 Å². The van der Waals surface area contributed by atoms with Crippen LogP contribution in [0.2, 0.25) is 0 Å². The summed E-state index contributed by atoms with van der Waals surface area (Å²) in [6.45, 7) is 5.73. The molecule has 0 saturated heterocycles. The van der Waals surface area contributed by atoms with Crippen LogP contribution in [-0.4, -0.2) is 22.1 Å². The van der Waals surface area contributed by atoms with Crippen LogP contribution in [0.1, 0.15) is 24.5 Å². The SMILES string of the molecule is CCCNS(=O)(=O)c1c(C)cc(OC)c(N)c1C. The molecule has 6 heteroatoms. The summed E-state index contributed by atoms with van der Waals surface area (Å²) in [7, 11) is -2.01. The predicted molar refractivity (Wildman–Crippen MR) is 72.4 cm³/mol. The van der Waals surface area contributed by atoms with Crippen LogP contribution in [0.25, 0.3) is 0 Å². The molecule has 0 aromatic heterocycles. The quantitative estimate of drug-likeness (QED) is 0.797. The molecule has 0 aliphatic carbocycles. The fourth-order valence-corrected chi connectivity index (χ4v) is 3.45. The van der Waals surface area contributed by atoms with Crippen molar-refractivity contribution in [3.05, 3.63) is 17.2 Å². The third-order valence-electron chi connectivity index (χ3n) is 2.75. The molecule has 0 fully saturated rings. The van der Waals surface area contributed by atoms with Gasteiger partial charge in [-0.2, -0.15) is 0 Å². The van der Waals surface area contributed by atoms with Gasteiger partial charge < -0.3 is 10.5 Å². The molecule has 102 valence electrons. The minimum atomic E-state index is -3.52. The van der Waals surface area contributed by atoms with Gasteiger partial charge in [0, 0.05) is 6.54 Å². The maximum Gasteiger partial charge on any atom is 0.241 e. The van der Waals surface area contributed by atoms with Crippen molar-refractivity contribution in [3.63, 3.8) is 0 Å². The van der Waals surface area contributed by atoms with Crippen molar-refractivity contribution >= 4 is 15.7 Å². The molecule has 0 atom stereocenters. The Labute approximate surface area is 108 Å². The van der Waals surface area contributed by atoms with E-state index in [0.29, 0.717) is 29.1 Å². The summed E-state index contributed by atoms with van der Waals surface area (Å²) in [4.78, 5) is 0.245.